The highest BCUT2D eigenvalue weighted by Crippen LogP contribution is 2.34. The van der Waals surface area contributed by atoms with Crippen molar-refractivity contribution in [2.24, 2.45) is 0 Å². The zero-order valence-electron chi connectivity index (χ0n) is 10.9. The van der Waals surface area contributed by atoms with E-state index in [9.17, 15) is 13.2 Å². The maximum Gasteiger partial charge on any atom is 0.340 e. The molecule has 1 saturated heterocycles. The van der Waals surface area contributed by atoms with E-state index in [0.29, 0.717) is 29.7 Å². The molecule has 2 aromatic rings. The normalized spacial score (nSPS) is 21.1. The van der Waals surface area contributed by atoms with Crippen LogP contribution in [0, 0.1) is 0 Å². The molecule has 0 amide bonds. The van der Waals surface area contributed by atoms with Crippen LogP contribution < -0.4 is 0 Å². The van der Waals surface area contributed by atoms with Gasteiger partial charge in [-0.3, -0.25) is 0 Å². The number of ether oxygens (including phenoxy) is 1. The van der Waals surface area contributed by atoms with E-state index in [1.807, 2.05) is 0 Å². The summed E-state index contributed by atoms with van der Waals surface area (Å²) in [4.78, 5) is 15.9. The molecular weight excluding hydrogens is 280 g/mol. The number of esters is 1. The molecule has 3 rings (SSSR count). The third kappa shape index (κ3) is 1.89. The SMILES string of the molecule is COC(=O)c1cccn2c(C3CCCS3(=O)=O)ncc12. The highest BCUT2D eigenvalue weighted by molar-refractivity contribution is 7.91. The van der Waals surface area contributed by atoms with Gasteiger partial charge in [0, 0.05) is 6.20 Å². The number of fused-ring (bicyclic) bond motifs is 1. The Hall–Kier alpha value is -1.89. The van der Waals surface area contributed by atoms with E-state index in [4.69, 9.17) is 4.74 Å². The Labute approximate surface area is 116 Å². The minimum atomic E-state index is -3.14. The Morgan fingerprint density at radius 1 is 1.50 bits per heavy atom. The third-order valence-corrected chi connectivity index (χ3v) is 5.79. The molecule has 7 heteroatoms. The summed E-state index contributed by atoms with van der Waals surface area (Å²) < 4.78 is 30.5. The average molecular weight is 294 g/mol. The van der Waals surface area contributed by atoms with Crippen LogP contribution in [0.4, 0.5) is 0 Å². The average Bonchev–Trinajstić information content (AvgIpc) is 2.99. The van der Waals surface area contributed by atoms with E-state index in [1.165, 1.54) is 13.3 Å². The first-order valence-corrected chi connectivity index (χ1v) is 8.02. The minimum absolute atomic E-state index is 0.198. The fourth-order valence-corrected chi connectivity index (χ4v) is 4.52. The van der Waals surface area contributed by atoms with Crippen LogP contribution in [0.15, 0.2) is 24.5 Å². The number of carbonyl (C=O) groups excluding carboxylic acids is 1. The van der Waals surface area contributed by atoms with Gasteiger partial charge in [0.15, 0.2) is 9.84 Å². The van der Waals surface area contributed by atoms with E-state index >= 15 is 0 Å². The molecule has 1 aliphatic heterocycles. The summed E-state index contributed by atoms with van der Waals surface area (Å²) in [6, 6.07) is 3.32. The van der Waals surface area contributed by atoms with Gasteiger partial charge in [0.05, 0.1) is 30.1 Å². The van der Waals surface area contributed by atoms with E-state index in [-0.39, 0.29) is 5.75 Å². The first-order chi connectivity index (χ1) is 9.54. The van der Waals surface area contributed by atoms with Crippen molar-refractivity contribution in [1.82, 2.24) is 9.38 Å². The second-order valence-corrected chi connectivity index (χ2v) is 7.09. The number of rotatable bonds is 2. The number of methoxy groups -OCH3 is 1. The van der Waals surface area contributed by atoms with Crippen LogP contribution in [0.2, 0.25) is 0 Å². The zero-order valence-corrected chi connectivity index (χ0v) is 11.8. The number of imidazole rings is 1. The topological polar surface area (TPSA) is 77.7 Å². The summed E-state index contributed by atoms with van der Waals surface area (Å²) in [5.74, 6) is 0.211. The van der Waals surface area contributed by atoms with Gasteiger partial charge in [0.2, 0.25) is 0 Å². The molecule has 1 unspecified atom stereocenters. The molecule has 1 atom stereocenters. The van der Waals surface area contributed by atoms with Gasteiger partial charge in [-0.2, -0.15) is 0 Å². The van der Waals surface area contributed by atoms with E-state index < -0.39 is 21.1 Å². The number of nitrogens with zero attached hydrogens (tertiary/aromatic N) is 2. The van der Waals surface area contributed by atoms with Crippen LogP contribution in [-0.2, 0) is 14.6 Å². The largest absolute Gasteiger partial charge is 0.465 e. The summed E-state index contributed by atoms with van der Waals surface area (Å²) in [5, 5.41) is -0.585. The summed E-state index contributed by atoms with van der Waals surface area (Å²) in [6.07, 6.45) is 4.47. The van der Waals surface area contributed by atoms with Crippen molar-refractivity contribution >= 4 is 21.3 Å². The summed E-state index contributed by atoms with van der Waals surface area (Å²) in [5.41, 5.74) is 0.945. The number of hydrogen-bond acceptors (Lipinski definition) is 5. The van der Waals surface area contributed by atoms with Crippen LogP contribution in [0.5, 0.6) is 0 Å². The molecule has 0 spiro atoms. The van der Waals surface area contributed by atoms with Gasteiger partial charge in [0.1, 0.15) is 11.1 Å². The number of hydrogen-bond donors (Lipinski definition) is 0. The predicted molar refractivity (Wildman–Crippen MR) is 72.3 cm³/mol. The van der Waals surface area contributed by atoms with Gasteiger partial charge >= 0.3 is 5.97 Å². The Bertz CT molecular complexity index is 779. The number of aromatic nitrogens is 2. The Kier molecular flexibility index (Phi) is 3.01. The summed E-state index contributed by atoms with van der Waals surface area (Å²) in [7, 11) is -1.83. The van der Waals surface area contributed by atoms with E-state index in [0.717, 1.165) is 0 Å². The van der Waals surface area contributed by atoms with Crippen LogP contribution in [0.1, 0.15) is 34.3 Å². The lowest BCUT2D eigenvalue weighted by Crippen LogP contribution is -2.12. The Morgan fingerprint density at radius 2 is 2.30 bits per heavy atom. The first-order valence-electron chi connectivity index (χ1n) is 6.30. The van der Waals surface area contributed by atoms with Crippen molar-refractivity contribution in [3.8, 4) is 0 Å². The number of pyridine rings is 1. The standard InChI is InChI=1S/C13H14N2O4S/c1-19-13(16)9-4-2-6-15-10(9)8-14-12(15)11-5-3-7-20(11,17)18/h2,4,6,8,11H,3,5,7H2,1H3. The van der Waals surface area contributed by atoms with Crippen molar-refractivity contribution in [2.75, 3.05) is 12.9 Å². The molecule has 0 N–H and O–H groups in total. The Balaban J connectivity index is 2.18. The smallest absolute Gasteiger partial charge is 0.340 e. The fourth-order valence-electron chi connectivity index (χ4n) is 2.64. The molecule has 3 heterocycles. The quantitative estimate of drug-likeness (QED) is 0.782. The predicted octanol–water partition coefficient (Wildman–Crippen LogP) is 1.37. The molecule has 0 aromatic carbocycles. The first kappa shape index (κ1) is 13.1. The maximum absolute atomic E-state index is 12.0. The molecule has 0 radical (unpaired) electrons. The lowest BCUT2D eigenvalue weighted by Gasteiger charge is -2.09. The van der Waals surface area contributed by atoms with Crippen LogP contribution in [0.25, 0.3) is 5.52 Å². The second-order valence-electron chi connectivity index (χ2n) is 4.78. The molecule has 106 valence electrons. The number of carbonyl (C=O) groups is 1. The molecule has 2 aromatic heterocycles. The molecule has 20 heavy (non-hydrogen) atoms. The van der Waals surface area contributed by atoms with Crippen LogP contribution in [0.3, 0.4) is 0 Å². The summed E-state index contributed by atoms with van der Waals surface area (Å²) >= 11 is 0. The van der Waals surface area contributed by atoms with Crippen molar-refractivity contribution in [3.63, 3.8) is 0 Å². The van der Waals surface area contributed by atoms with Gasteiger partial charge in [-0.25, -0.2) is 18.2 Å². The van der Waals surface area contributed by atoms with E-state index in [2.05, 4.69) is 4.98 Å². The van der Waals surface area contributed by atoms with Crippen LogP contribution in [-0.4, -0.2) is 36.6 Å². The third-order valence-electron chi connectivity index (χ3n) is 3.62. The van der Waals surface area contributed by atoms with E-state index in [1.54, 1.807) is 22.7 Å². The highest BCUT2D eigenvalue weighted by Gasteiger charge is 2.35. The highest BCUT2D eigenvalue weighted by atomic mass is 32.2. The maximum atomic E-state index is 12.0. The van der Waals surface area contributed by atoms with Crippen molar-refractivity contribution < 1.29 is 17.9 Å². The molecule has 0 aliphatic carbocycles. The molecular formula is C13H14N2O4S. The second kappa shape index (κ2) is 4.59. The molecule has 0 bridgehead atoms. The van der Waals surface area contributed by atoms with Crippen molar-refractivity contribution in [1.29, 1.82) is 0 Å². The van der Waals surface area contributed by atoms with Crippen LogP contribution >= 0.6 is 0 Å². The summed E-state index contributed by atoms with van der Waals surface area (Å²) in [6.45, 7) is 0. The zero-order chi connectivity index (χ0) is 14.3. The molecule has 0 saturated carbocycles. The minimum Gasteiger partial charge on any atom is -0.465 e. The lowest BCUT2D eigenvalue weighted by molar-refractivity contribution is 0.0602. The molecule has 6 nitrogen and oxygen atoms in total. The van der Waals surface area contributed by atoms with Gasteiger partial charge in [-0.05, 0) is 25.0 Å². The van der Waals surface area contributed by atoms with Gasteiger partial charge < -0.3 is 9.14 Å². The fraction of sp³-hybridized carbons (Fsp3) is 0.385. The molecule has 1 fully saturated rings. The van der Waals surface area contributed by atoms with Crippen molar-refractivity contribution in [2.45, 2.75) is 18.1 Å². The number of sulfone groups is 1. The van der Waals surface area contributed by atoms with Gasteiger partial charge in [-0.1, -0.05) is 0 Å². The lowest BCUT2D eigenvalue weighted by atomic mass is 10.2. The Morgan fingerprint density at radius 3 is 2.95 bits per heavy atom. The molecule has 1 aliphatic rings. The van der Waals surface area contributed by atoms with Gasteiger partial charge in [-0.15, -0.1) is 0 Å². The van der Waals surface area contributed by atoms with Crippen molar-refractivity contribution in [3.05, 3.63) is 35.9 Å². The monoisotopic (exact) mass is 294 g/mol. The van der Waals surface area contributed by atoms with Gasteiger partial charge in [0.25, 0.3) is 0 Å².